The predicted octanol–water partition coefficient (Wildman–Crippen LogP) is 2.91. The van der Waals surface area contributed by atoms with Gasteiger partial charge in [-0.15, -0.1) is 0 Å². The topological polar surface area (TPSA) is 39.2 Å². The second-order valence-corrected chi connectivity index (χ2v) is 3.96. The van der Waals surface area contributed by atoms with Crippen LogP contribution in [0.4, 0.5) is 0 Å². The van der Waals surface area contributed by atoms with Crippen LogP contribution in [0.3, 0.4) is 0 Å². The first kappa shape index (κ1) is 12.3. The van der Waals surface area contributed by atoms with Gasteiger partial charge in [0.2, 0.25) is 0 Å². The second-order valence-electron chi connectivity index (χ2n) is 3.96. The molecule has 0 aliphatic heterocycles. The van der Waals surface area contributed by atoms with Crippen molar-refractivity contribution in [2.24, 2.45) is 0 Å². The van der Waals surface area contributed by atoms with Crippen LogP contribution in [0.1, 0.15) is 22.5 Å². The standard InChI is InChI=1S/C15H15NO2/c1-18-14-8-5-11-16-15(14)13(17)10-9-12-6-3-2-4-7-12/h2-8,11H,9-10H2,1H3. The summed E-state index contributed by atoms with van der Waals surface area (Å²) in [6.45, 7) is 0. The number of ether oxygens (including phenoxy) is 1. The maximum Gasteiger partial charge on any atom is 0.185 e. The van der Waals surface area contributed by atoms with E-state index in [2.05, 4.69) is 4.98 Å². The van der Waals surface area contributed by atoms with Gasteiger partial charge < -0.3 is 4.74 Å². The number of Topliss-reactive ketones (excluding diaryl/α,β-unsaturated/α-hetero) is 1. The van der Waals surface area contributed by atoms with E-state index in [1.807, 2.05) is 30.3 Å². The van der Waals surface area contributed by atoms with Gasteiger partial charge in [-0.25, -0.2) is 4.98 Å². The Morgan fingerprint density at radius 2 is 1.94 bits per heavy atom. The van der Waals surface area contributed by atoms with Crippen molar-refractivity contribution in [2.75, 3.05) is 7.11 Å². The Bertz CT molecular complexity index is 523. The van der Waals surface area contributed by atoms with Crippen molar-refractivity contribution in [1.29, 1.82) is 0 Å². The van der Waals surface area contributed by atoms with Crippen LogP contribution in [0.15, 0.2) is 48.7 Å². The van der Waals surface area contributed by atoms with E-state index >= 15 is 0 Å². The SMILES string of the molecule is COc1cccnc1C(=O)CCc1ccccc1. The number of methoxy groups -OCH3 is 1. The van der Waals surface area contributed by atoms with Gasteiger partial charge in [0, 0.05) is 12.6 Å². The van der Waals surface area contributed by atoms with E-state index < -0.39 is 0 Å². The second kappa shape index (κ2) is 5.96. The Morgan fingerprint density at radius 3 is 2.67 bits per heavy atom. The van der Waals surface area contributed by atoms with Crippen LogP contribution in [-0.4, -0.2) is 17.9 Å². The highest BCUT2D eigenvalue weighted by atomic mass is 16.5. The van der Waals surface area contributed by atoms with Gasteiger partial charge in [-0.3, -0.25) is 4.79 Å². The minimum atomic E-state index is 0.0105. The van der Waals surface area contributed by atoms with Crippen LogP contribution in [0.25, 0.3) is 0 Å². The number of aryl methyl sites for hydroxylation is 1. The molecule has 92 valence electrons. The summed E-state index contributed by atoms with van der Waals surface area (Å²) in [5.41, 5.74) is 1.57. The molecule has 1 aromatic carbocycles. The number of ketones is 1. The lowest BCUT2D eigenvalue weighted by atomic mass is 10.1. The van der Waals surface area contributed by atoms with Crippen molar-refractivity contribution in [3.8, 4) is 5.75 Å². The Morgan fingerprint density at radius 1 is 1.17 bits per heavy atom. The molecule has 1 heterocycles. The van der Waals surface area contributed by atoms with Crippen molar-refractivity contribution < 1.29 is 9.53 Å². The third kappa shape index (κ3) is 2.94. The minimum absolute atomic E-state index is 0.0105. The highest BCUT2D eigenvalue weighted by molar-refractivity contribution is 5.96. The number of hydrogen-bond acceptors (Lipinski definition) is 3. The van der Waals surface area contributed by atoms with Gasteiger partial charge in [0.25, 0.3) is 0 Å². The molecule has 2 rings (SSSR count). The van der Waals surface area contributed by atoms with E-state index in [0.29, 0.717) is 17.9 Å². The van der Waals surface area contributed by atoms with Crippen LogP contribution < -0.4 is 4.74 Å². The van der Waals surface area contributed by atoms with Crippen molar-refractivity contribution in [1.82, 2.24) is 4.98 Å². The Hall–Kier alpha value is -2.16. The average molecular weight is 241 g/mol. The molecule has 0 atom stereocenters. The zero-order valence-electron chi connectivity index (χ0n) is 10.3. The molecule has 2 aromatic rings. The van der Waals surface area contributed by atoms with Crippen LogP contribution in [0.5, 0.6) is 5.75 Å². The number of carbonyl (C=O) groups excluding carboxylic acids is 1. The van der Waals surface area contributed by atoms with E-state index in [1.165, 1.54) is 0 Å². The maximum absolute atomic E-state index is 12.1. The van der Waals surface area contributed by atoms with Crippen LogP contribution in [0.2, 0.25) is 0 Å². The molecule has 0 aliphatic rings. The first-order valence-electron chi connectivity index (χ1n) is 5.87. The summed E-state index contributed by atoms with van der Waals surface area (Å²) in [6.07, 6.45) is 2.77. The minimum Gasteiger partial charge on any atom is -0.494 e. The van der Waals surface area contributed by atoms with Crippen LogP contribution in [-0.2, 0) is 6.42 Å². The number of carbonyl (C=O) groups is 1. The number of pyridine rings is 1. The monoisotopic (exact) mass is 241 g/mol. The lowest BCUT2D eigenvalue weighted by molar-refractivity contribution is 0.0975. The van der Waals surface area contributed by atoms with Gasteiger partial charge in [-0.2, -0.15) is 0 Å². The first-order chi connectivity index (χ1) is 8.81. The van der Waals surface area contributed by atoms with E-state index in [4.69, 9.17) is 4.74 Å². The zero-order chi connectivity index (χ0) is 12.8. The summed E-state index contributed by atoms with van der Waals surface area (Å²) in [7, 11) is 1.55. The Kier molecular flexibility index (Phi) is 4.07. The lowest BCUT2D eigenvalue weighted by Gasteiger charge is -2.06. The molecule has 0 amide bonds. The summed E-state index contributed by atoms with van der Waals surface area (Å²) >= 11 is 0. The molecule has 0 unspecified atom stereocenters. The highest BCUT2D eigenvalue weighted by Crippen LogP contribution is 2.17. The highest BCUT2D eigenvalue weighted by Gasteiger charge is 2.12. The van der Waals surface area contributed by atoms with Crippen LogP contribution in [0, 0.1) is 0 Å². The summed E-state index contributed by atoms with van der Waals surface area (Å²) in [4.78, 5) is 16.1. The van der Waals surface area contributed by atoms with E-state index in [1.54, 1.807) is 25.4 Å². The summed E-state index contributed by atoms with van der Waals surface area (Å²) in [5.74, 6) is 0.548. The Balaban J connectivity index is 2.04. The molecule has 0 fully saturated rings. The molecular weight excluding hydrogens is 226 g/mol. The molecule has 0 radical (unpaired) electrons. The van der Waals surface area contributed by atoms with E-state index in [-0.39, 0.29) is 5.78 Å². The molecule has 1 aromatic heterocycles. The average Bonchev–Trinajstić information content (AvgIpc) is 2.45. The molecule has 3 heteroatoms. The number of benzene rings is 1. The molecular formula is C15H15NO2. The number of rotatable bonds is 5. The van der Waals surface area contributed by atoms with Gasteiger partial charge >= 0.3 is 0 Å². The third-order valence-corrected chi connectivity index (χ3v) is 2.74. The van der Waals surface area contributed by atoms with Crippen molar-refractivity contribution in [3.63, 3.8) is 0 Å². The molecule has 0 saturated carbocycles. The van der Waals surface area contributed by atoms with Gasteiger partial charge in [-0.05, 0) is 24.1 Å². The quantitative estimate of drug-likeness (QED) is 0.755. The van der Waals surface area contributed by atoms with Crippen molar-refractivity contribution in [3.05, 3.63) is 59.9 Å². The Labute approximate surface area is 106 Å². The van der Waals surface area contributed by atoms with Crippen LogP contribution >= 0.6 is 0 Å². The summed E-state index contributed by atoms with van der Waals surface area (Å²) < 4.78 is 5.14. The van der Waals surface area contributed by atoms with Gasteiger partial charge in [0.05, 0.1) is 7.11 Å². The molecule has 18 heavy (non-hydrogen) atoms. The normalized spacial score (nSPS) is 10.1. The fourth-order valence-corrected chi connectivity index (χ4v) is 1.79. The maximum atomic E-state index is 12.1. The van der Waals surface area contributed by atoms with Gasteiger partial charge in [-0.1, -0.05) is 30.3 Å². The largest absolute Gasteiger partial charge is 0.494 e. The molecule has 0 spiro atoms. The van der Waals surface area contributed by atoms with Gasteiger partial charge in [0.1, 0.15) is 11.4 Å². The smallest absolute Gasteiger partial charge is 0.185 e. The number of hydrogen-bond donors (Lipinski definition) is 0. The lowest BCUT2D eigenvalue weighted by Crippen LogP contribution is -2.06. The number of aromatic nitrogens is 1. The van der Waals surface area contributed by atoms with Crippen molar-refractivity contribution in [2.45, 2.75) is 12.8 Å². The third-order valence-electron chi connectivity index (χ3n) is 2.74. The number of nitrogens with zero attached hydrogens (tertiary/aromatic N) is 1. The fourth-order valence-electron chi connectivity index (χ4n) is 1.79. The molecule has 0 N–H and O–H groups in total. The first-order valence-corrected chi connectivity index (χ1v) is 5.87. The predicted molar refractivity (Wildman–Crippen MR) is 69.9 cm³/mol. The molecule has 0 aliphatic carbocycles. The molecule has 0 saturated heterocycles. The summed E-state index contributed by atoms with van der Waals surface area (Å²) in [5, 5.41) is 0. The fraction of sp³-hybridized carbons (Fsp3) is 0.200. The molecule has 3 nitrogen and oxygen atoms in total. The van der Waals surface area contributed by atoms with E-state index in [9.17, 15) is 4.79 Å². The van der Waals surface area contributed by atoms with Gasteiger partial charge in [0.15, 0.2) is 5.78 Å². The zero-order valence-corrected chi connectivity index (χ0v) is 10.3. The van der Waals surface area contributed by atoms with E-state index in [0.717, 1.165) is 12.0 Å². The summed E-state index contributed by atoms with van der Waals surface area (Å²) in [6, 6.07) is 13.5. The molecule has 0 bridgehead atoms. The van der Waals surface area contributed by atoms with Crippen molar-refractivity contribution >= 4 is 5.78 Å².